The smallest absolute Gasteiger partial charge is 1.00 e. The normalized spacial score (nSPS) is 9.36. The monoisotopic (exact) mass is 214 g/mol. The summed E-state index contributed by atoms with van der Waals surface area (Å²) in [6.45, 7) is 0. The molecule has 0 saturated carbocycles. The minimum Gasteiger partial charge on any atom is -1.00 e. The summed E-state index contributed by atoms with van der Waals surface area (Å²) < 4.78 is 37.5. The average molecular weight is 214 g/mol. The number of carboxylic acids is 1. The van der Waals surface area contributed by atoms with Gasteiger partial charge in [-0.1, -0.05) is 0 Å². The second kappa shape index (κ2) is 5.38. The molecule has 0 aromatic heterocycles. The summed E-state index contributed by atoms with van der Waals surface area (Å²) in [5.74, 6) is -4.93. The van der Waals surface area contributed by atoms with Gasteiger partial charge in [-0.15, -0.1) is 0 Å². The number of benzene rings is 1. The number of hydrogen-bond acceptors (Lipinski definition) is 1. The Bertz CT molecular complexity index is 360. The Morgan fingerprint density at radius 1 is 1.21 bits per heavy atom. The molecule has 0 heterocycles. The van der Waals surface area contributed by atoms with Crippen molar-refractivity contribution in [2.75, 3.05) is 0 Å². The zero-order chi connectivity index (χ0) is 10.0. The van der Waals surface area contributed by atoms with Crippen LogP contribution in [0.3, 0.4) is 0 Å². The van der Waals surface area contributed by atoms with Gasteiger partial charge in [0.15, 0.2) is 11.6 Å². The van der Waals surface area contributed by atoms with Gasteiger partial charge < -0.3 is 6.53 Å². The maximum absolute atomic E-state index is 12.7. The number of carboxylic acid groups (broad SMARTS) is 1. The molecule has 14 heavy (non-hydrogen) atoms. The third kappa shape index (κ3) is 3.32. The third-order valence-electron chi connectivity index (χ3n) is 1.43. The van der Waals surface area contributed by atoms with Gasteiger partial charge in [0.1, 0.15) is 5.82 Å². The van der Waals surface area contributed by atoms with E-state index in [4.69, 9.17) is 5.11 Å². The van der Waals surface area contributed by atoms with Crippen molar-refractivity contribution in [1.29, 1.82) is 0 Å². The van der Waals surface area contributed by atoms with Gasteiger partial charge in [-0.2, -0.15) is 0 Å². The molecule has 6 heteroatoms. The zero-order valence-corrected chi connectivity index (χ0v) is 9.35. The molecule has 1 aromatic rings. The van der Waals surface area contributed by atoms with E-state index in [-0.39, 0.29) is 36.5 Å². The Hall–Kier alpha value is -0.520. The van der Waals surface area contributed by atoms with Gasteiger partial charge in [0.05, 0.1) is 6.42 Å². The molecule has 0 fully saturated rings. The van der Waals surface area contributed by atoms with Crippen LogP contribution >= 0.6 is 0 Å². The molecule has 0 atom stereocenters. The SMILES string of the molecule is O=C(O)Cc1cc(F)c(F)cc1F.[H-].[Na+]. The minimum absolute atomic E-state index is 0. The zero-order valence-electron chi connectivity index (χ0n) is 8.35. The summed E-state index contributed by atoms with van der Waals surface area (Å²) >= 11 is 0. The Morgan fingerprint density at radius 3 is 2.21 bits per heavy atom. The van der Waals surface area contributed by atoms with E-state index in [1.807, 2.05) is 0 Å². The molecule has 1 N–H and O–H groups in total. The first-order chi connectivity index (χ1) is 6.00. The fraction of sp³-hybridized carbons (Fsp3) is 0.125. The van der Waals surface area contributed by atoms with E-state index in [1.165, 1.54) is 0 Å². The molecule has 0 amide bonds. The van der Waals surface area contributed by atoms with Crippen molar-refractivity contribution < 1.29 is 54.1 Å². The summed E-state index contributed by atoms with van der Waals surface area (Å²) in [6, 6.07) is 0.867. The summed E-state index contributed by atoms with van der Waals surface area (Å²) in [5, 5.41) is 8.27. The van der Waals surface area contributed by atoms with Gasteiger partial charge in [0.2, 0.25) is 0 Å². The molecule has 0 aliphatic carbocycles. The largest absolute Gasteiger partial charge is 1.00 e. The molecule has 2 nitrogen and oxygen atoms in total. The van der Waals surface area contributed by atoms with E-state index < -0.39 is 29.8 Å². The second-order valence-electron chi connectivity index (χ2n) is 2.43. The standard InChI is InChI=1S/C8H5F3O2.Na.H/c9-5-3-7(11)6(10)1-4(5)2-8(12)13;;/h1,3H,2H2,(H,12,13);;/q;+1;-1. The number of rotatable bonds is 2. The van der Waals surface area contributed by atoms with Crippen LogP contribution in [0.2, 0.25) is 0 Å². The first-order valence-corrected chi connectivity index (χ1v) is 3.36. The van der Waals surface area contributed by atoms with Crippen LogP contribution in [0, 0.1) is 17.5 Å². The predicted octanol–water partition coefficient (Wildman–Crippen LogP) is -1.15. The van der Waals surface area contributed by atoms with Crippen molar-refractivity contribution in [3.8, 4) is 0 Å². The van der Waals surface area contributed by atoms with Crippen molar-refractivity contribution in [2.45, 2.75) is 6.42 Å². The van der Waals surface area contributed by atoms with Crippen LogP contribution in [0.4, 0.5) is 13.2 Å². The molecule has 1 rings (SSSR count). The molecule has 0 spiro atoms. The number of carbonyl (C=O) groups is 1. The Morgan fingerprint density at radius 2 is 1.71 bits per heavy atom. The number of hydrogen-bond donors (Lipinski definition) is 1. The van der Waals surface area contributed by atoms with E-state index in [0.29, 0.717) is 12.1 Å². The molecule has 0 unspecified atom stereocenters. The quantitative estimate of drug-likeness (QED) is 0.498. The predicted molar refractivity (Wildman–Crippen MR) is 38.8 cm³/mol. The molecule has 1 aromatic carbocycles. The van der Waals surface area contributed by atoms with Gasteiger partial charge in [-0.3, -0.25) is 4.79 Å². The Labute approximate surface area is 102 Å². The van der Waals surface area contributed by atoms with Gasteiger partial charge in [-0.25, -0.2) is 13.2 Å². The minimum atomic E-state index is -1.33. The van der Waals surface area contributed by atoms with Crippen LogP contribution in [0.25, 0.3) is 0 Å². The van der Waals surface area contributed by atoms with Crippen molar-refractivity contribution in [3.63, 3.8) is 0 Å². The summed E-state index contributed by atoms with van der Waals surface area (Å²) in [4.78, 5) is 10.1. The third-order valence-corrected chi connectivity index (χ3v) is 1.43. The van der Waals surface area contributed by atoms with Crippen LogP contribution in [-0.2, 0) is 11.2 Å². The van der Waals surface area contributed by atoms with Crippen LogP contribution in [0.1, 0.15) is 6.99 Å². The van der Waals surface area contributed by atoms with Gasteiger partial charge in [0, 0.05) is 11.6 Å². The molecule has 0 saturated heterocycles. The second-order valence-corrected chi connectivity index (χ2v) is 2.43. The van der Waals surface area contributed by atoms with Crippen molar-refractivity contribution in [1.82, 2.24) is 0 Å². The first kappa shape index (κ1) is 13.5. The van der Waals surface area contributed by atoms with E-state index >= 15 is 0 Å². The molecule has 0 bridgehead atoms. The van der Waals surface area contributed by atoms with Crippen molar-refractivity contribution in [2.24, 2.45) is 0 Å². The number of halogens is 3. The fourth-order valence-electron chi connectivity index (χ4n) is 0.862. The summed E-state index contributed by atoms with van der Waals surface area (Å²) in [5.41, 5.74) is -0.369. The van der Waals surface area contributed by atoms with Crippen molar-refractivity contribution >= 4 is 5.97 Å². The van der Waals surface area contributed by atoms with E-state index in [1.54, 1.807) is 0 Å². The van der Waals surface area contributed by atoms with E-state index in [2.05, 4.69) is 0 Å². The molecule has 0 aliphatic rings. The van der Waals surface area contributed by atoms with Crippen molar-refractivity contribution in [3.05, 3.63) is 35.1 Å². The average Bonchev–Trinajstić information content (AvgIpc) is 1.99. The van der Waals surface area contributed by atoms with Crippen LogP contribution in [0.15, 0.2) is 12.1 Å². The van der Waals surface area contributed by atoms with Crippen LogP contribution < -0.4 is 29.6 Å². The molecular weight excluding hydrogens is 208 g/mol. The summed E-state index contributed by atoms with van der Waals surface area (Å²) in [6.07, 6.45) is -0.664. The van der Waals surface area contributed by atoms with Gasteiger partial charge in [-0.05, 0) is 6.07 Å². The maximum atomic E-state index is 12.7. The van der Waals surface area contributed by atoms with Crippen LogP contribution in [-0.4, -0.2) is 11.1 Å². The fourth-order valence-corrected chi connectivity index (χ4v) is 0.862. The van der Waals surface area contributed by atoms with E-state index in [0.717, 1.165) is 0 Å². The molecule has 72 valence electrons. The van der Waals surface area contributed by atoms with Crippen LogP contribution in [0.5, 0.6) is 0 Å². The summed E-state index contributed by atoms with van der Waals surface area (Å²) in [7, 11) is 0. The number of aliphatic carboxylic acids is 1. The molecule has 0 aliphatic heterocycles. The Balaban J connectivity index is 0. The Kier molecular flexibility index (Phi) is 5.18. The van der Waals surface area contributed by atoms with Gasteiger partial charge >= 0.3 is 35.5 Å². The molecule has 0 radical (unpaired) electrons. The van der Waals surface area contributed by atoms with Gasteiger partial charge in [0.25, 0.3) is 0 Å². The maximum Gasteiger partial charge on any atom is 1.00 e. The van der Waals surface area contributed by atoms with E-state index in [9.17, 15) is 18.0 Å². The first-order valence-electron chi connectivity index (χ1n) is 3.36. The topological polar surface area (TPSA) is 37.3 Å². The molecular formula is C8H6F3NaO2.